The molecule has 0 fully saturated rings. The van der Waals surface area contributed by atoms with Gasteiger partial charge < -0.3 is 0 Å². The molecule has 0 aliphatic carbocycles. The fourth-order valence-electron chi connectivity index (χ4n) is 1.46. The second-order valence-corrected chi connectivity index (χ2v) is 5.90. The Morgan fingerprint density at radius 2 is 1.81 bits per heavy atom. The molecule has 0 N–H and O–H groups in total. The summed E-state index contributed by atoms with van der Waals surface area (Å²) in [4.78, 5) is 0. The number of hydrogen-bond donors (Lipinski definition) is 0. The van der Waals surface area contributed by atoms with E-state index in [0.717, 1.165) is 5.56 Å². The molecule has 1 aromatic rings. The predicted molar refractivity (Wildman–Crippen MR) is 68.7 cm³/mol. The van der Waals surface area contributed by atoms with Crippen LogP contribution in [0.2, 0.25) is 0 Å². The maximum absolute atomic E-state index is 11.9. The molecule has 0 atom stereocenters. The highest BCUT2D eigenvalue weighted by Crippen LogP contribution is 2.18. The van der Waals surface area contributed by atoms with Crippen LogP contribution >= 0.6 is 11.6 Å². The first-order chi connectivity index (χ1) is 7.51. The fourth-order valence-corrected chi connectivity index (χ4v) is 3.30. The zero-order chi connectivity index (χ0) is 12.2. The van der Waals surface area contributed by atoms with Gasteiger partial charge in [0.05, 0.1) is 11.4 Å². The summed E-state index contributed by atoms with van der Waals surface area (Å²) in [5, 5.41) is 0. The summed E-state index contributed by atoms with van der Waals surface area (Å²) >= 11 is 5.49. The second kappa shape index (κ2) is 5.55. The molecule has 0 aliphatic heterocycles. The van der Waals surface area contributed by atoms with Gasteiger partial charge in [-0.2, -0.15) is 0 Å². The molecule has 90 valence electrons. The first-order valence-electron chi connectivity index (χ1n) is 5.14. The Balaban J connectivity index is 3.03. The molecule has 0 aliphatic rings. The Labute approximate surface area is 102 Å². The average Bonchev–Trinajstić information content (AvgIpc) is 2.21. The van der Waals surface area contributed by atoms with Crippen LogP contribution in [0.25, 0.3) is 0 Å². The molecule has 16 heavy (non-hydrogen) atoms. The van der Waals surface area contributed by atoms with Crippen LogP contribution in [0.3, 0.4) is 0 Å². The summed E-state index contributed by atoms with van der Waals surface area (Å²) in [6.45, 7) is 4.20. The molecule has 0 saturated heterocycles. The number of halogens is 1. The Hall–Kier alpha value is -0.740. The normalized spacial score (nSPS) is 11.4. The Morgan fingerprint density at radius 1 is 1.25 bits per heavy atom. The van der Waals surface area contributed by atoms with Crippen molar-refractivity contribution in [3.63, 3.8) is 0 Å². The third-order valence-corrected chi connectivity index (χ3v) is 4.55. The van der Waals surface area contributed by atoms with E-state index in [1.807, 2.05) is 38.1 Å². The lowest BCUT2D eigenvalue weighted by Gasteiger charge is -2.22. The summed E-state index contributed by atoms with van der Waals surface area (Å²) < 4.78 is 25.2. The lowest BCUT2D eigenvalue weighted by molar-refractivity contribution is 0.593. The van der Waals surface area contributed by atoms with Crippen molar-refractivity contribution in [3.05, 3.63) is 29.8 Å². The SMILES string of the molecule is CCN(c1ccc(C)cc1)S(=O)(=O)CCCl. The average molecular weight is 262 g/mol. The molecule has 1 aromatic carbocycles. The van der Waals surface area contributed by atoms with E-state index >= 15 is 0 Å². The Bertz CT molecular complexity index is 428. The number of rotatable bonds is 5. The Morgan fingerprint density at radius 3 is 2.25 bits per heavy atom. The van der Waals surface area contributed by atoms with Gasteiger partial charge in [-0.05, 0) is 26.0 Å². The predicted octanol–water partition coefficient (Wildman–Crippen LogP) is 2.39. The van der Waals surface area contributed by atoms with Crippen LogP contribution < -0.4 is 4.31 Å². The summed E-state index contributed by atoms with van der Waals surface area (Å²) in [7, 11) is -3.29. The molecule has 1 rings (SSSR count). The van der Waals surface area contributed by atoms with E-state index in [1.54, 1.807) is 0 Å². The first-order valence-corrected chi connectivity index (χ1v) is 7.28. The molecule has 5 heteroatoms. The largest absolute Gasteiger partial charge is 0.270 e. The number of alkyl halides is 1. The van der Waals surface area contributed by atoms with Crippen molar-refractivity contribution in [2.75, 3.05) is 22.5 Å². The van der Waals surface area contributed by atoms with E-state index in [1.165, 1.54) is 4.31 Å². The molecule has 0 spiro atoms. The van der Waals surface area contributed by atoms with E-state index in [2.05, 4.69) is 0 Å². The van der Waals surface area contributed by atoms with Crippen molar-refractivity contribution in [3.8, 4) is 0 Å². The molecule has 0 unspecified atom stereocenters. The Kier molecular flexibility index (Phi) is 4.62. The van der Waals surface area contributed by atoms with Gasteiger partial charge in [0.25, 0.3) is 0 Å². The van der Waals surface area contributed by atoms with E-state index in [0.29, 0.717) is 12.2 Å². The molecular weight excluding hydrogens is 246 g/mol. The zero-order valence-electron chi connectivity index (χ0n) is 9.48. The summed E-state index contributed by atoms with van der Waals surface area (Å²) in [5.74, 6) is 0.0843. The van der Waals surface area contributed by atoms with Gasteiger partial charge in [0.2, 0.25) is 10.0 Å². The van der Waals surface area contributed by atoms with Crippen LogP contribution in [0.15, 0.2) is 24.3 Å². The van der Waals surface area contributed by atoms with Crippen molar-refractivity contribution in [1.29, 1.82) is 0 Å². The maximum Gasteiger partial charge on any atom is 0.236 e. The smallest absolute Gasteiger partial charge is 0.236 e. The van der Waals surface area contributed by atoms with Gasteiger partial charge in [-0.25, -0.2) is 8.42 Å². The van der Waals surface area contributed by atoms with Gasteiger partial charge >= 0.3 is 0 Å². The van der Waals surface area contributed by atoms with Crippen LogP contribution in [-0.2, 0) is 10.0 Å². The van der Waals surface area contributed by atoms with Crippen molar-refractivity contribution >= 4 is 27.3 Å². The molecule has 0 aromatic heterocycles. The summed E-state index contributed by atoms with van der Waals surface area (Å²) in [5.41, 5.74) is 1.80. The molecule has 0 radical (unpaired) electrons. The van der Waals surface area contributed by atoms with Crippen LogP contribution in [0.5, 0.6) is 0 Å². The van der Waals surface area contributed by atoms with Gasteiger partial charge in [0, 0.05) is 12.4 Å². The topological polar surface area (TPSA) is 37.4 Å². The third kappa shape index (κ3) is 3.12. The van der Waals surface area contributed by atoms with E-state index in [-0.39, 0.29) is 11.6 Å². The highest BCUT2D eigenvalue weighted by atomic mass is 35.5. The zero-order valence-corrected chi connectivity index (χ0v) is 11.1. The lowest BCUT2D eigenvalue weighted by Crippen LogP contribution is -2.33. The van der Waals surface area contributed by atoms with Gasteiger partial charge in [0.1, 0.15) is 0 Å². The van der Waals surface area contributed by atoms with Crippen LogP contribution in [0, 0.1) is 6.92 Å². The maximum atomic E-state index is 11.9. The first kappa shape index (κ1) is 13.3. The molecule has 0 amide bonds. The van der Waals surface area contributed by atoms with Crippen LogP contribution in [0.4, 0.5) is 5.69 Å². The number of sulfonamides is 1. The number of nitrogens with zero attached hydrogens (tertiary/aromatic N) is 1. The van der Waals surface area contributed by atoms with Crippen LogP contribution in [-0.4, -0.2) is 26.6 Å². The molecule has 0 heterocycles. The molecule has 0 saturated carbocycles. The van der Waals surface area contributed by atoms with E-state index in [4.69, 9.17) is 11.6 Å². The minimum Gasteiger partial charge on any atom is -0.270 e. The van der Waals surface area contributed by atoms with Crippen molar-refractivity contribution in [1.82, 2.24) is 0 Å². The number of anilines is 1. The van der Waals surface area contributed by atoms with Crippen molar-refractivity contribution in [2.45, 2.75) is 13.8 Å². The van der Waals surface area contributed by atoms with Gasteiger partial charge in [-0.15, -0.1) is 11.6 Å². The minimum atomic E-state index is -3.29. The van der Waals surface area contributed by atoms with Gasteiger partial charge in [0.15, 0.2) is 0 Å². The summed E-state index contributed by atoms with van der Waals surface area (Å²) in [6, 6.07) is 7.41. The number of hydrogen-bond acceptors (Lipinski definition) is 2. The molecular formula is C11H16ClNO2S. The van der Waals surface area contributed by atoms with E-state index < -0.39 is 10.0 Å². The second-order valence-electron chi connectivity index (χ2n) is 3.51. The van der Waals surface area contributed by atoms with Crippen molar-refractivity contribution in [2.24, 2.45) is 0 Å². The lowest BCUT2D eigenvalue weighted by atomic mass is 10.2. The van der Waals surface area contributed by atoms with Gasteiger partial charge in [-0.3, -0.25) is 4.31 Å². The molecule has 0 bridgehead atoms. The van der Waals surface area contributed by atoms with Crippen LogP contribution in [0.1, 0.15) is 12.5 Å². The minimum absolute atomic E-state index is 0.0315. The summed E-state index contributed by atoms with van der Waals surface area (Å²) in [6.07, 6.45) is 0. The highest BCUT2D eigenvalue weighted by molar-refractivity contribution is 7.92. The monoisotopic (exact) mass is 261 g/mol. The number of benzene rings is 1. The van der Waals surface area contributed by atoms with E-state index in [9.17, 15) is 8.42 Å². The number of aryl methyl sites for hydroxylation is 1. The van der Waals surface area contributed by atoms with Gasteiger partial charge in [-0.1, -0.05) is 17.7 Å². The fraction of sp³-hybridized carbons (Fsp3) is 0.455. The third-order valence-electron chi connectivity index (χ3n) is 2.28. The quantitative estimate of drug-likeness (QED) is 0.764. The molecule has 3 nitrogen and oxygen atoms in total. The highest BCUT2D eigenvalue weighted by Gasteiger charge is 2.19. The standard InChI is InChI=1S/C11H16ClNO2S/c1-3-13(16(14,15)9-8-12)11-6-4-10(2)5-7-11/h4-7H,3,8-9H2,1-2H3. The van der Waals surface area contributed by atoms with Crippen molar-refractivity contribution < 1.29 is 8.42 Å².